The number of hydrogen-bond donors (Lipinski definition) is 1. The van der Waals surface area contributed by atoms with Gasteiger partial charge < -0.3 is 5.32 Å². The molecule has 2 fully saturated rings. The molecule has 0 aliphatic heterocycles. The Labute approximate surface area is 185 Å². The molecule has 1 aromatic carbocycles. The highest BCUT2D eigenvalue weighted by atomic mass is 35.5. The molecule has 7 nitrogen and oxygen atoms in total. The predicted octanol–water partition coefficient (Wildman–Crippen LogP) is 4.41. The minimum atomic E-state index is -3.28. The van der Waals surface area contributed by atoms with Crippen LogP contribution in [-0.4, -0.2) is 29.2 Å². The summed E-state index contributed by atoms with van der Waals surface area (Å²) in [6.07, 6.45) is 8.32. The second-order valence-electron chi connectivity index (χ2n) is 8.78. The number of aromatic nitrogens is 3. The molecule has 1 spiro atoms. The average molecular weight is 459 g/mol. The van der Waals surface area contributed by atoms with Crippen LogP contribution >= 0.6 is 11.6 Å². The van der Waals surface area contributed by atoms with Crippen LogP contribution in [0.15, 0.2) is 40.2 Å². The molecule has 0 saturated heterocycles. The van der Waals surface area contributed by atoms with E-state index in [1.54, 1.807) is 35.0 Å². The molecule has 2 heterocycles. The summed E-state index contributed by atoms with van der Waals surface area (Å²) in [5.74, 6) is 0.348. The molecule has 31 heavy (non-hydrogen) atoms. The molecule has 3 aromatic rings. The van der Waals surface area contributed by atoms with Gasteiger partial charge >= 0.3 is 0 Å². The number of benzene rings is 1. The Morgan fingerprint density at radius 2 is 2.00 bits per heavy atom. The Balaban J connectivity index is 1.58. The van der Waals surface area contributed by atoms with Gasteiger partial charge in [-0.1, -0.05) is 18.0 Å². The van der Waals surface area contributed by atoms with Crippen molar-refractivity contribution in [2.75, 3.05) is 11.6 Å². The third-order valence-electron chi connectivity index (χ3n) is 6.66. The zero-order valence-electron chi connectivity index (χ0n) is 17.4. The van der Waals surface area contributed by atoms with E-state index in [0.717, 1.165) is 43.1 Å². The van der Waals surface area contributed by atoms with Gasteiger partial charge in [-0.25, -0.2) is 13.4 Å². The standard InChI is InChI=1S/C22H23ClN4O3S/c1-13-10-15(31(2,29)30)5-6-17(13)25-21-24-12-14-11-16(23)20(28)27(19(14)26-21)18-4-3-7-22(18)8-9-22/h5-6,10-12,18H,3-4,7-9H2,1-2H3,(H,24,25,26). The SMILES string of the molecule is Cc1cc(S(C)(=O)=O)ccc1Nc1ncc2cc(Cl)c(=O)n(C3CCCC34CC4)c2n1. The van der Waals surface area contributed by atoms with Gasteiger partial charge in [0, 0.05) is 29.6 Å². The van der Waals surface area contributed by atoms with Crippen LogP contribution in [0.4, 0.5) is 11.6 Å². The summed E-state index contributed by atoms with van der Waals surface area (Å²) in [4.78, 5) is 22.4. The molecule has 1 N–H and O–H groups in total. The topological polar surface area (TPSA) is 94.0 Å². The average Bonchev–Trinajstić information content (AvgIpc) is 3.37. The number of halogens is 1. The number of hydrogen-bond acceptors (Lipinski definition) is 6. The Bertz CT molecular complexity index is 1380. The predicted molar refractivity (Wildman–Crippen MR) is 121 cm³/mol. The summed E-state index contributed by atoms with van der Waals surface area (Å²) in [6, 6.07) is 6.60. The van der Waals surface area contributed by atoms with Gasteiger partial charge in [-0.2, -0.15) is 4.98 Å². The van der Waals surface area contributed by atoms with Crippen LogP contribution in [0, 0.1) is 12.3 Å². The fourth-order valence-corrected chi connectivity index (χ4v) is 5.75. The van der Waals surface area contributed by atoms with Crippen LogP contribution in [-0.2, 0) is 9.84 Å². The fourth-order valence-electron chi connectivity index (χ4n) is 4.83. The van der Waals surface area contributed by atoms with Gasteiger partial charge in [0.15, 0.2) is 9.84 Å². The summed E-state index contributed by atoms with van der Waals surface area (Å²) in [7, 11) is -3.28. The lowest BCUT2D eigenvalue weighted by atomic mass is 10.00. The zero-order valence-corrected chi connectivity index (χ0v) is 18.9. The van der Waals surface area contributed by atoms with Crippen molar-refractivity contribution in [3.63, 3.8) is 0 Å². The van der Waals surface area contributed by atoms with E-state index >= 15 is 0 Å². The summed E-state index contributed by atoms with van der Waals surface area (Å²) >= 11 is 6.27. The largest absolute Gasteiger partial charge is 0.324 e. The van der Waals surface area contributed by atoms with E-state index in [0.29, 0.717) is 17.3 Å². The smallest absolute Gasteiger partial charge is 0.271 e. The summed E-state index contributed by atoms with van der Waals surface area (Å²) in [5.41, 5.74) is 2.04. The molecule has 9 heteroatoms. The van der Waals surface area contributed by atoms with E-state index in [1.165, 1.54) is 6.26 Å². The summed E-state index contributed by atoms with van der Waals surface area (Å²) in [6.45, 7) is 1.82. The van der Waals surface area contributed by atoms with Crippen molar-refractivity contribution in [3.8, 4) is 0 Å². The summed E-state index contributed by atoms with van der Waals surface area (Å²) in [5, 5.41) is 4.08. The molecule has 5 rings (SSSR count). The third kappa shape index (κ3) is 3.51. The number of fused-ring (bicyclic) bond motifs is 1. The van der Waals surface area contributed by atoms with Gasteiger partial charge in [-0.15, -0.1) is 0 Å². The molecule has 2 aliphatic carbocycles. The van der Waals surface area contributed by atoms with Crippen LogP contribution in [0.1, 0.15) is 43.7 Å². The van der Waals surface area contributed by atoms with Gasteiger partial charge in [-0.3, -0.25) is 9.36 Å². The van der Waals surface area contributed by atoms with Crippen molar-refractivity contribution in [2.45, 2.75) is 50.0 Å². The molecule has 1 atom stereocenters. The molecule has 2 aliphatic rings. The molecule has 0 radical (unpaired) electrons. The van der Waals surface area contributed by atoms with Crippen molar-refractivity contribution < 1.29 is 8.42 Å². The Hall–Kier alpha value is -2.45. The number of aryl methyl sites for hydroxylation is 1. The number of nitrogens with zero attached hydrogens (tertiary/aromatic N) is 3. The molecule has 1 unspecified atom stereocenters. The van der Waals surface area contributed by atoms with Crippen molar-refractivity contribution in [2.24, 2.45) is 5.41 Å². The number of anilines is 2. The molecular formula is C22H23ClN4O3S. The maximum Gasteiger partial charge on any atom is 0.271 e. The van der Waals surface area contributed by atoms with Crippen LogP contribution < -0.4 is 10.9 Å². The van der Waals surface area contributed by atoms with Crippen LogP contribution in [0.2, 0.25) is 5.02 Å². The molecule has 162 valence electrons. The molecular weight excluding hydrogens is 436 g/mol. The van der Waals surface area contributed by atoms with Crippen molar-refractivity contribution in [1.29, 1.82) is 0 Å². The van der Waals surface area contributed by atoms with E-state index in [1.807, 2.05) is 6.92 Å². The van der Waals surface area contributed by atoms with E-state index in [2.05, 4.69) is 15.3 Å². The lowest BCUT2D eigenvalue weighted by Gasteiger charge is -2.23. The van der Waals surface area contributed by atoms with Crippen molar-refractivity contribution in [3.05, 3.63) is 51.4 Å². The fraction of sp³-hybridized carbons (Fsp3) is 0.409. The Morgan fingerprint density at radius 1 is 1.23 bits per heavy atom. The highest BCUT2D eigenvalue weighted by Gasteiger charge is 2.53. The quantitative estimate of drug-likeness (QED) is 0.622. The maximum absolute atomic E-state index is 13.0. The van der Waals surface area contributed by atoms with Gasteiger partial charge in [0.05, 0.1) is 4.90 Å². The highest BCUT2D eigenvalue weighted by molar-refractivity contribution is 7.90. The number of nitrogens with one attached hydrogen (secondary N) is 1. The van der Waals surface area contributed by atoms with E-state index in [9.17, 15) is 13.2 Å². The minimum absolute atomic E-state index is 0.111. The minimum Gasteiger partial charge on any atom is -0.324 e. The first-order chi connectivity index (χ1) is 14.7. The normalized spacial score (nSPS) is 19.8. The Kier molecular flexibility index (Phi) is 4.64. The Morgan fingerprint density at radius 3 is 2.68 bits per heavy atom. The van der Waals surface area contributed by atoms with Crippen LogP contribution in [0.5, 0.6) is 0 Å². The lowest BCUT2D eigenvalue weighted by molar-refractivity contribution is 0.358. The molecule has 0 amide bonds. The lowest BCUT2D eigenvalue weighted by Crippen LogP contribution is -2.29. The third-order valence-corrected chi connectivity index (χ3v) is 8.05. The van der Waals surface area contributed by atoms with E-state index < -0.39 is 9.84 Å². The molecule has 2 aromatic heterocycles. The van der Waals surface area contributed by atoms with Crippen LogP contribution in [0.25, 0.3) is 11.0 Å². The second kappa shape index (κ2) is 7.03. The second-order valence-corrected chi connectivity index (χ2v) is 11.2. The first-order valence-electron chi connectivity index (χ1n) is 10.3. The number of sulfone groups is 1. The molecule has 0 bridgehead atoms. The highest BCUT2D eigenvalue weighted by Crippen LogP contribution is 2.63. The van der Waals surface area contributed by atoms with Gasteiger partial charge in [0.2, 0.25) is 5.95 Å². The first kappa shape index (κ1) is 20.5. The number of pyridine rings is 1. The summed E-state index contributed by atoms with van der Waals surface area (Å²) < 4.78 is 25.4. The van der Waals surface area contributed by atoms with E-state index in [-0.39, 0.29) is 26.9 Å². The monoisotopic (exact) mass is 458 g/mol. The maximum atomic E-state index is 13.0. The van der Waals surface area contributed by atoms with Crippen LogP contribution in [0.3, 0.4) is 0 Å². The van der Waals surface area contributed by atoms with Gasteiger partial charge in [-0.05, 0) is 67.9 Å². The first-order valence-corrected chi connectivity index (χ1v) is 12.6. The molecule has 2 saturated carbocycles. The van der Waals surface area contributed by atoms with Crippen molar-refractivity contribution in [1.82, 2.24) is 14.5 Å². The zero-order chi connectivity index (χ0) is 22.0. The van der Waals surface area contributed by atoms with Crippen molar-refractivity contribution >= 4 is 44.1 Å². The van der Waals surface area contributed by atoms with Gasteiger partial charge in [0.25, 0.3) is 5.56 Å². The number of rotatable bonds is 4. The van der Waals surface area contributed by atoms with E-state index in [4.69, 9.17) is 11.6 Å². The van der Waals surface area contributed by atoms with Gasteiger partial charge in [0.1, 0.15) is 10.7 Å².